The molecule has 0 saturated carbocycles. The molecule has 0 aliphatic rings. The molecule has 2 aromatic carbocycles. The molecule has 1 amide bonds. The van der Waals surface area contributed by atoms with E-state index < -0.39 is 16.1 Å². The van der Waals surface area contributed by atoms with Gasteiger partial charge in [-0.15, -0.1) is 0 Å². The number of thioether (sulfide) groups is 1. The molecule has 2 aromatic rings. The molecule has 0 spiro atoms. The highest BCUT2D eigenvalue weighted by atomic mass is 35.5. The Bertz CT molecular complexity index is 1010. The van der Waals surface area contributed by atoms with Crippen molar-refractivity contribution in [2.45, 2.75) is 39.0 Å². The van der Waals surface area contributed by atoms with Crippen molar-refractivity contribution in [1.29, 1.82) is 0 Å². The molecule has 1 atom stereocenters. The van der Waals surface area contributed by atoms with Gasteiger partial charge in [-0.05, 0) is 61.2 Å². The average Bonchev–Trinajstić information content (AvgIpc) is 2.69. The molecule has 0 aliphatic heterocycles. The summed E-state index contributed by atoms with van der Waals surface area (Å²) in [5.41, 5.74) is 3.39. The summed E-state index contributed by atoms with van der Waals surface area (Å²) >= 11 is 14.0. The minimum Gasteiger partial charge on any atom is -0.353 e. The zero-order valence-corrected chi connectivity index (χ0v) is 21.3. The van der Waals surface area contributed by atoms with Gasteiger partial charge in [0, 0.05) is 28.1 Å². The van der Waals surface area contributed by atoms with Crippen LogP contribution in [-0.4, -0.2) is 38.9 Å². The van der Waals surface area contributed by atoms with Crippen molar-refractivity contribution in [3.63, 3.8) is 0 Å². The zero-order chi connectivity index (χ0) is 23.2. The Morgan fingerprint density at radius 3 is 2.32 bits per heavy atom. The van der Waals surface area contributed by atoms with Crippen LogP contribution in [-0.2, 0) is 20.6 Å². The lowest BCUT2D eigenvalue weighted by atomic mass is 10.1. The lowest BCUT2D eigenvalue weighted by Crippen LogP contribution is -2.49. The number of anilines is 1. The number of carbonyl (C=O) groups excluding carboxylic acids is 1. The molecule has 0 heterocycles. The van der Waals surface area contributed by atoms with E-state index in [1.165, 1.54) is 4.31 Å². The summed E-state index contributed by atoms with van der Waals surface area (Å²) < 4.78 is 26.3. The molecule has 0 bridgehead atoms. The standard InChI is InChI=1S/C22H28Cl2N2O3S2/c1-5-21(26(31(4,28)29)17-10-9-15(2)16(3)13-17)22(27)25-11-12-30-14-18-19(23)7-6-8-20(18)24/h6-10,13,21H,5,11-12,14H2,1-4H3,(H,25,27). The lowest BCUT2D eigenvalue weighted by molar-refractivity contribution is -0.122. The second kappa shape index (κ2) is 11.5. The van der Waals surface area contributed by atoms with Gasteiger partial charge in [-0.1, -0.05) is 42.3 Å². The Morgan fingerprint density at radius 2 is 1.77 bits per heavy atom. The largest absolute Gasteiger partial charge is 0.353 e. The van der Waals surface area contributed by atoms with Gasteiger partial charge in [0.2, 0.25) is 15.9 Å². The molecule has 0 fully saturated rings. The van der Waals surface area contributed by atoms with Crippen LogP contribution in [0.5, 0.6) is 0 Å². The zero-order valence-electron chi connectivity index (χ0n) is 18.1. The van der Waals surface area contributed by atoms with Crippen LogP contribution in [0.15, 0.2) is 36.4 Å². The van der Waals surface area contributed by atoms with Gasteiger partial charge in [-0.2, -0.15) is 11.8 Å². The Morgan fingerprint density at radius 1 is 1.13 bits per heavy atom. The first-order chi connectivity index (χ1) is 14.6. The normalized spacial score (nSPS) is 12.5. The maximum Gasteiger partial charge on any atom is 0.243 e. The third kappa shape index (κ3) is 7.04. The van der Waals surface area contributed by atoms with Crippen molar-refractivity contribution in [3.8, 4) is 0 Å². The second-order valence-electron chi connectivity index (χ2n) is 7.30. The molecule has 31 heavy (non-hydrogen) atoms. The summed E-state index contributed by atoms with van der Waals surface area (Å²) in [6, 6.07) is 9.97. The SMILES string of the molecule is CCC(C(=O)NCCSCc1c(Cl)cccc1Cl)N(c1ccc(C)c(C)c1)S(C)(=O)=O. The number of carbonyl (C=O) groups is 1. The first-order valence-electron chi connectivity index (χ1n) is 9.91. The molecular weight excluding hydrogens is 475 g/mol. The van der Waals surface area contributed by atoms with Crippen LogP contribution in [0.1, 0.15) is 30.0 Å². The van der Waals surface area contributed by atoms with Gasteiger partial charge >= 0.3 is 0 Å². The number of benzene rings is 2. The Kier molecular flexibility index (Phi) is 9.55. The van der Waals surface area contributed by atoms with Crippen molar-refractivity contribution >= 4 is 56.6 Å². The first kappa shape index (κ1) is 25.8. The van der Waals surface area contributed by atoms with Crippen molar-refractivity contribution in [2.75, 3.05) is 22.9 Å². The highest BCUT2D eigenvalue weighted by molar-refractivity contribution is 7.98. The van der Waals surface area contributed by atoms with Gasteiger partial charge in [0.1, 0.15) is 6.04 Å². The number of hydrogen-bond donors (Lipinski definition) is 1. The molecule has 9 heteroatoms. The molecule has 0 aromatic heterocycles. The Hall–Kier alpha value is -1.41. The molecule has 0 radical (unpaired) electrons. The third-order valence-electron chi connectivity index (χ3n) is 4.93. The van der Waals surface area contributed by atoms with E-state index in [0.29, 0.717) is 40.2 Å². The van der Waals surface area contributed by atoms with Gasteiger partial charge in [-0.25, -0.2) is 8.42 Å². The number of sulfonamides is 1. The second-order valence-corrected chi connectivity index (χ2v) is 11.1. The number of rotatable bonds is 10. The maximum absolute atomic E-state index is 12.9. The van der Waals surface area contributed by atoms with E-state index >= 15 is 0 Å². The fraction of sp³-hybridized carbons (Fsp3) is 0.409. The monoisotopic (exact) mass is 502 g/mol. The first-order valence-corrected chi connectivity index (χ1v) is 13.7. The topological polar surface area (TPSA) is 66.5 Å². The molecular formula is C22H28Cl2N2O3S2. The molecule has 0 saturated heterocycles. The average molecular weight is 504 g/mol. The van der Waals surface area contributed by atoms with Gasteiger partial charge in [0.05, 0.1) is 11.9 Å². The number of aryl methyl sites for hydroxylation is 2. The van der Waals surface area contributed by atoms with Gasteiger partial charge < -0.3 is 5.32 Å². The fourth-order valence-corrected chi connectivity index (χ4v) is 5.93. The minimum absolute atomic E-state index is 0.317. The van der Waals surface area contributed by atoms with Crippen LogP contribution in [0.2, 0.25) is 10.0 Å². The van der Waals surface area contributed by atoms with E-state index in [4.69, 9.17) is 23.2 Å². The third-order valence-corrected chi connectivity index (χ3v) is 7.80. The Balaban J connectivity index is 2.02. The van der Waals surface area contributed by atoms with Crippen LogP contribution < -0.4 is 9.62 Å². The highest BCUT2D eigenvalue weighted by Crippen LogP contribution is 2.28. The Labute approximate surface area is 199 Å². The number of halogens is 2. The van der Waals surface area contributed by atoms with E-state index in [0.717, 1.165) is 22.9 Å². The predicted octanol–water partition coefficient (Wildman–Crippen LogP) is 5.20. The summed E-state index contributed by atoms with van der Waals surface area (Å²) in [5, 5.41) is 4.10. The summed E-state index contributed by atoms with van der Waals surface area (Å²) in [6.45, 7) is 6.09. The van der Waals surface area contributed by atoms with E-state index in [-0.39, 0.29) is 5.91 Å². The minimum atomic E-state index is -3.65. The maximum atomic E-state index is 12.9. The smallest absolute Gasteiger partial charge is 0.243 e. The van der Waals surface area contributed by atoms with E-state index in [1.807, 2.05) is 19.9 Å². The van der Waals surface area contributed by atoms with E-state index in [9.17, 15) is 13.2 Å². The number of hydrogen-bond acceptors (Lipinski definition) is 4. The summed E-state index contributed by atoms with van der Waals surface area (Å²) in [6.07, 6.45) is 1.48. The van der Waals surface area contributed by atoms with Gasteiger partial charge in [0.15, 0.2) is 0 Å². The predicted molar refractivity (Wildman–Crippen MR) is 133 cm³/mol. The van der Waals surface area contributed by atoms with Gasteiger partial charge in [0.25, 0.3) is 0 Å². The van der Waals surface area contributed by atoms with Gasteiger partial charge in [-0.3, -0.25) is 9.10 Å². The number of nitrogens with zero attached hydrogens (tertiary/aromatic N) is 1. The van der Waals surface area contributed by atoms with Crippen molar-refractivity contribution in [3.05, 3.63) is 63.1 Å². The molecule has 1 unspecified atom stereocenters. The molecule has 0 aliphatic carbocycles. The van der Waals surface area contributed by atoms with E-state index in [2.05, 4.69) is 5.32 Å². The molecule has 1 N–H and O–H groups in total. The molecule has 2 rings (SSSR count). The van der Waals surface area contributed by atoms with Crippen LogP contribution in [0, 0.1) is 13.8 Å². The van der Waals surface area contributed by atoms with Crippen LogP contribution in [0.4, 0.5) is 5.69 Å². The summed E-state index contributed by atoms with van der Waals surface area (Å²) in [7, 11) is -3.65. The van der Waals surface area contributed by atoms with Crippen LogP contribution in [0.25, 0.3) is 0 Å². The highest BCUT2D eigenvalue weighted by Gasteiger charge is 2.31. The van der Waals surface area contributed by atoms with Crippen LogP contribution >= 0.6 is 35.0 Å². The molecule has 5 nitrogen and oxygen atoms in total. The van der Waals surface area contributed by atoms with Crippen molar-refractivity contribution < 1.29 is 13.2 Å². The summed E-state index contributed by atoms with van der Waals surface area (Å²) in [5.74, 6) is 0.957. The van der Waals surface area contributed by atoms with Crippen molar-refractivity contribution in [2.24, 2.45) is 0 Å². The molecule has 170 valence electrons. The fourth-order valence-electron chi connectivity index (χ4n) is 3.13. The summed E-state index contributed by atoms with van der Waals surface area (Å²) in [4.78, 5) is 12.9. The number of amides is 1. The van der Waals surface area contributed by atoms with Crippen molar-refractivity contribution in [1.82, 2.24) is 5.32 Å². The number of nitrogens with one attached hydrogen (secondary N) is 1. The van der Waals surface area contributed by atoms with E-state index in [1.54, 1.807) is 49.0 Å². The quantitative estimate of drug-likeness (QED) is 0.453. The lowest BCUT2D eigenvalue weighted by Gasteiger charge is -2.30. The van der Waals surface area contributed by atoms with Crippen LogP contribution in [0.3, 0.4) is 0 Å².